The minimum Gasteiger partial charge on any atom is -0.497 e. The van der Waals surface area contributed by atoms with Crippen LogP contribution in [-0.2, 0) is 4.79 Å². The van der Waals surface area contributed by atoms with Crippen molar-refractivity contribution in [3.05, 3.63) is 47.1 Å². The van der Waals surface area contributed by atoms with Crippen molar-refractivity contribution < 1.29 is 13.9 Å². The topological polar surface area (TPSA) is 55.0 Å². The van der Waals surface area contributed by atoms with E-state index < -0.39 is 0 Å². The predicted octanol–water partition coefficient (Wildman–Crippen LogP) is 4.41. The highest BCUT2D eigenvalue weighted by Gasteiger charge is 2.27. The van der Waals surface area contributed by atoms with Crippen LogP contribution in [0.4, 0.5) is 0 Å². The molecule has 0 saturated carbocycles. The van der Waals surface area contributed by atoms with Crippen molar-refractivity contribution in [1.82, 2.24) is 4.90 Å². The van der Waals surface area contributed by atoms with E-state index in [0.717, 1.165) is 48.2 Å². The Bertz CT molecular complexity index is 861. The average molecular weight is 368 g/mol. The minimum atomic E-state index is -0.182. The number of rotatable bonds is 3. The van der Waals surface area contributed by atoms with E-state index in [0.29, 0.717) is 10.7 Å². The summed E-state index contributed by atoms with van der Waals surface area (Å²) in [5.74, 6) is 2.03. The largest absolute Gasteiger partial charge is 0.497 e. The third-order valence-electron chi connectivity index (χ3n) is 4.51. The summed E-state index contributed by atoms with van der Waals surface area (Å²) in [5.41, 5.74) is 0.964. The standard InChI is InChI=1S/C20H20N2O3S/c1-24-15-7-5-14(6-8-15)17-10-9-16(25-17)13-18-19(23)21-20(26-18)22-11-3-2-4-12-22/h5-10,13H,2-4,11-12H2,1H3/b18-13+. The number of ether oxygens (including phenoxy) is 1. The molecule has 2 aliphatic heterocycles. The van der Waals surface area contributed by atoms with Crippen LogP contribution in [0.3, 0.4) is 0 Å². The molecule has 1 aromatic carbocycles. The molecule has 26 heavy (non-hydrogen) atoms. The Morgan fingerprint density at radius 2 is 1.88 bits per heavy atom. The monoisotopic (exact) mass is 368 g/mol. The maximum Gasteiger partial charge on any atom is 0.286 e. The Balaban J connectivity index is 1.48. The number of likely N-dealkylation sites (tertiary alicyclic amines) is 1. The molecule has 0 bridgehead atoms. The van der Waals surface area contributed by atoms with E-state index in [4.69, 9.17) is 9.15 Å². The number of piperidine rings is 1. The molecule has 1 amide bonds. The third-order valence-corrected chi connectivity index (χ3v) is 5.55. The van der Waals surface area contributed by atoms with Gasteiger partial charge in [-0.25, -0.2) is 0 Å². The van der Waals surface area contributed by atoms with Crippen LogP contribution >= 0.6 is 11.8 Å². The molecule has 0 atom stereocenters. The predicted molar refractivity (Wildman–Crippen MR) is 104 cm³/mol. The summed E-state index contributed by atoms with van der Waals surface area (Å²) in [5, 5.41) is 0.822. The van der Waals surface area contributed by atoms with E-state index in [1.165, 1.54) is 18.2 Å². The van der Waals surface area contributed by atoms with Crippen molar-refractivity contribution in [2.45, 2.75) is 19.3 Å². The number of hydrogen-bond donors (Lipinski definition) is 0. The lowest BCUT2D eigenvalue weighted by atomic mass is 10.1. The smallest absolute Gasteiger partial charge is 0.286 e. The lowest BCUT2D eigenvalue weighted by molar-refractivity contribution is -0.113. The second-order valence-electron chi connectivity index (χ2n) is 6.29. The van der Waals surface area contributed by atoms with E-state index in [-0.39, 0.29) is 5.91 Å². The number of aliphatic imine (C=N–C) groups is 1. The van der Waals surface area contributed by atoms with Crippen molar-refractivity contribution in [2.75, 3.05) is 20.2 Å². The molecular weight excluding hydrogens is 348 g/mol. The van der Waals surface area contributed by atoms with Gasteiger partial charge in [0.1, 0.15) is 17.3 Å². The van der Waals surface area contributed by atoms with Gasteiger partial charge in [0.25, 0.3) is 5.91 Å². The van der Waals surface area contributed by atoms with Crippen LogP contribution in [0.1, 0.15) is 25.0 Å². The van der Waals surface area contributed by atoms with Crippen LogP contribution in [0.25, 0.3) is 17.4 Å². The Labute approximate surface area is 156 Å². The van der Waals surface area contributed by atoms with E-state index in [2.05, 4.69) is 9.89 Å². The number of methoxy groups -OCH3 is 1. The first-order valence-electron chi connectivity index (χ1n) is 8.75. The summed E-state index contributed by atoms with van der Waals surface area (Å²) in [6.07, 6.45) is 5.36. The Hall–Kier alpha value is -2.47. The third kappa shape index (κ3) is 3.55. The lowest BCUT2D eigenvalue weighted by Gasteiger charge is -2.27. The first-order chi connectivity index (χ1) is 12.7. The fourth-order valence-electron chi connectivity index (χ4n) is 3.09. The van der Waals surface area contributed by atoms with Crippen LogP contribution in [0.5, 0.6) is 5.75 Å². The molecule has 134 valence electrons. The number of carbonyl (C=O) groups is 1. The zero-order valence-corrected chi connectivity index (χ0v) is 15.4. The number of amidine groups is 1. The first kappa shape index (κ1) is 17.0. The average Bonchev–Trinajstić information content (AvgIpc) is 3.30. The quantitative estimate of drug-likeness (QED) is 0.751. The molecule has 0 aliphatic carbocycles. The van der Waals surface area contributed by atoms with E-state index in [9.17, 15) is 4.79 Å². The maximum absolute atomic E-state index is 12.2. The molecule has 0 radical (unpaired) electrons. The Morgan fingerprint density at radius 1 is 1.12 bits per heavy atom. The normalized spacial score (nSPS) is 19.1. The molecule has 1 saturated heterocycles. The Kier molecular flexibility index (Phi) is 4.84. The van der Waals surface area contributed by atoms with E-state index in [1.54, 1.807) is 13.2 Å². The van der Waals surface area contributed by atoms with Gasteiger partial charge in [-0.3, -0.25) is 4.79 Å². The first-order valence-corrected chi connectivity index (χ1v) is 9.56. The highest BCUT2D eigenvalue weighted by molar-refractivity contribution is 8.18. The molecule has 4 rings (SSSR count). The molecule has 2 aliphatic rings. The lowest BCUT2D eigenvalue weighted by Crippen LogP contribution is -2.33. The summed E-state index contributed by atoms with van der Waals surface area (Å²) in [6, 6.07) is 11.5. The maximum atomic E-state index is 12.2. The second kappa shape index (κ2) is 7.41. The molecule has 0 unspecified atom stereocenters. The number of hydrogen-bond acceptors (Lipinski definition) is 5. The highest BCUT2D eigenvalue weighted by atomic mass is 32.2. The number of furan rings is 1. The van der Waals surface area contributed by atoms with Gasteiger partial charge in [0.15, 0.2) is 5.17 Å². The fourth-order valence-corrected chi connectivity index (χ4v) is 4.03. The summed E-state index contributed by atoms with van der Waals surface area (Å²) >= 11 is 1.44. The second-order valence-corrected chi connectivity index (χ2v) is 7.30. The van der Waals surface area contributed by atoms with Gasteiger partial charge in [-0.1, -0.05) is 0 Å². The summed E-state index contributed by atoms with van der Waals surface area (Å²) in [6.45, 7) is 1.96. The van der Waals surface area contributed by atoms with Crippen LogP contribution in [0.15, 0.2) is 50.7 Å². The van der Waals surface area contributed by atoms with Crippen molar-refractivity contribution in [3.8, 4) is 17.1 Å². The van der Waals surface area contributed by atoms with Gasteiger partial charge in [0.2, 0.25) is 0 Å². The summed E-state index contributed by atoms with van der Waals surface area (Å²) in [7, 11) is 1.64. The SMILES string of the molecule is COc1ccc(-c2ccc(/C=C3/SC(N4CCCCC4)=NC3=O)o2)cc1. The molecule has 6 heteroatoms. The van der Waals surface area contributed by atoms with Gasteiger partial charge in [-0.2, -0.15) is 4.99 Å². The summed E-state index contributed by atoms with van der Waals surface area (Å²) in [4.78, 5) is 19.3. The van der Waals surface area contributed by atoms with Crippen LogP contribution in [0, 0.1) is 0 Å². The fraction of sp³-hybridized carbons (Fsp3) is 0.300. The van der Waals surface area contributed by atoms with Crippen LogP contribution in [-0.4, -0.2) is 36.2 Å². The van der Waals surface area contributed by atoms with Gasteiger partial charge in [0.05, 0.1) is 12.0 Å². The number of carbonyl (C=O) groups excluding carboxylic acids is 1. The molecular formula is C20H20N2O3S. The molecule has 5 nitrogen and oxygen atoms in total. The molecule has 0 spiro atoms. The minimum absolute atomic E-state index is 0.182. The number of thioether (sulfide) groups is 1. The van der Waals surface area contributed by atoms with E-state index in [1.807, 2.05) is 36.4 Å². The van der Waals surface area contributed by atoms with Crippen molar-refractivity contribution >= 4 is 28.9 Å². The van der Waals surface area contributed by atoms with Gasteiger partial charge < -0.3 is 14.1 Å². The molecule has 1 aromatic heterocycles. The summed E-state index contributed by atoms with van der Waals surface area (Å²) < 4.78 is 11.1. The zero-order valence-electron chi connectivity index (χ0n) is 14.6. The number of benzene rings is 1. The zero-order chi connectivity index (χ0) is 17.9. The van der Waals surface area contributed by atoms with Gasteiger partial charge in [-0.05, 0) is 67.4 Å². The van der Waals surface area contributed by atoms with Gasteiger partial charge in [-0.15, -0.1) is 0 Å². The van der Waals surface area contributed by atoms with Gasteiger partial charge >= 0.3 is 0 Å². The molecule has 0 N–H and O–H groups in total. The molecule has 2 aromatic rings. The van der Waals surface area contributed by atoms with Crippen molar-refractivity contribution in [2.24, 2.45) is 4.99 Å². The molecule has 3 heterocycles. The highest BCUT2D eigenvalue weighted by Crippen LogP contribution is 2.32. The van der Waals surface area contributed by atoms with E-state index >= 15 is 0 Å². The van der Waals surface area contributed by atoms with Crippen molar-refractivity contribution in [1.29, 1.82) is 0 Å². The number of amides is 1. The Morgan fingerprint density at radius 3 is 2.62 bits per heavy atom. The van der Waals surface area contributed by atoms with Gasteiger partial charge in [0, 0.05) is 24.7 Å². The molecule has 1 fully saturated rings. The number of nitrogens with zero attached hydrogens (tertiary/aromatic N) is 2. The van der Waals surface area contributed by atoms with Crippen molar-refractivity contribution in [3.63, 3.8) is 0 Å². The van der Waals surface area contributed by atoms with Crippen LogP contribution < -0.4 is 4.74 Å². The van der Waals surface area contributed by atoms with Crippen LogP contribution in [0.2, 0.25) is 0 Å².